The molecule has 1 heterocycles. The fourth-order valence-electron chi connectivity index (χ4n) is 1.22. The lowest BCUT2D eigenvalue weighted by atomic mass is 10.2. The summed E-state index contributed by atoms with van der Waals surface area (Å²) in [5, 5.41) is 11.1. The maximum atomic E-state index is 11.0. The van der Waals surface area contributed by atoms with Crippen LogP contribution in [0.4, 0.5) is 4.79 Å². The van der Waals surface area contributed by atoms with Gasteiger partial charge in [0.05, 0.1) is 0 Å². The van der Waals surface area contributed by atoms with Gasteiger partial charge in [-0.25, -0.2) is 9.59 Å². The van der Waals surface area contributed by atoms with Gasteiger partial charge in [-0.15, -0.1) is 0 Å². The monoisotopic (exact) mass is 184 g/mol. The number of hydrogen-bond donors (Lipinski definition) is 2. The predicted octanol–water partition coefficient (Wildman–Crippen LogP) is 0.0425. The molecule has 0 spiro atoms. The Hall–Kier alpha value is -1.52. The topological polar surface area (TPSA) is 69.6 Å². The van der Waals surface area contributed by atoms with Crippen LogP contribution in [0, 0.1) is 0 Å². The first kappa shape index (κ1) is 9.57. The molecule has 0 aliphatic carbocycles. The van der Waals surface area contributed by atoms with E-state index in [9.17, 15) is 9.59 Å². The number of hydrogen-bond acceptors (Lipinski definition) is 2. The maximum Gasteiger partial charge on any atom is 0.328 e. The van der Waals surface area contributed by atoms with Crippen molar-refractivity contribution in [2.24, 2.45) is 0 Å². The molecule has 0 radical (unpaired) electrons. The summed E-state index contributed by atoms with van der Waals surface area (Å²) < 4.78 is 0. The van der Waals surface area contributed by atoms with Gasteiger partial charge in [0, 0.05) is 25.7 Å². The fraction of sp³-hybridized carbons (Fsp3) is 0.500. The zero-order valence-electron chi connectivity index (χ0n) is 7.41. The van der Waals surface area contributed by atoms with Gasteiger partial charge in [0.2, 0.25) is 0 Å². The lowest BCUT2D eigenvalue weighted by Gasteiger charge is -2.13. The highest BCUT2D eigenvalue weighted by molar-refractivity contribution is 5.81. The molecule has 1 fully saturated rings. The normalized spacial score (nSPS) is 17.5. The lowest BCUT2D eigenvalue weighted by molar-refractivity contribution is -0.131. The third kappa shape index (κ3) is 2.77. The van der Waals surface area contributed by atoms with E-state index in [1.807, 2.05) is 0 Å². The van der Waals surface area contributed by atoms with Crippen molar-refractivity contribution in [3.63, 3.8) is 0 Å². The van der Waals surface area contributed by atoms with Crippen LogP contribution >= 0.6 is 0 Å². The number of nitrogens with zero attached hydrogens (tertiary/aromatic N) is 1. The lowest BCUT2D eigenvalue weighted by Crippen LogP contribution is -2.29. The molecule has 0 unspecified atom stereocenters. The summed E-state index contributed by atoms with van der Waals surface area (Å²) in [6, 6.07) is -0.127. The summed E-state index contributed by atoms with van der Waals surface area (Å²) in [6.45, 7) is 3.36. The molecule has 2 N–H and O–H groups in total. The summed E-state index contributed by atoms with van der Waals surface area (Å²) in [7, 11) is 0. The second-order valence-corrected chi connectivity index (χ2v) is 2.98. The summed E-state index contributed by atoms with van der Waals surface area (Å²) in [5.74, 6) is -0.975. The highest BCUT2D eigenvalue weighted by atomic mass is 16.4. The van der Waals surface area contributed by atoms with Gasteiger partial charge in [-0.2, -0.15) is 0 Å². The highest BCUT2D eigenvalue weighted by Gasteiger charge is 2.18. The van der Waals surface area contributed by atoms with Crippen LogP contribution in [-0.4, -0.2) is 41.6 Å². The number of rotatable bonds is 3. The van der Waals surface area contributed by atoms with E-state index in [4.69, 9.17) is 5.11 Å². The number of urea groups is 1. The van der Waals surface area contributed by atoms with Crippen molar-refractivity contribution in [2.75, 3.05) is 19.6 Å². The molecule has 0 atom stereocenters. The molecule has 1 saturated heterocycles. The minimum absolute atomic E-state index is 0.127. The smallest absolute Gasteiger partial charge is 0.328 e. The second-order valence-electron chi connectivity index (χ2n) is 2.98. The van der Waals surface area contributed by atoms with Gasteiger partial charge < -0.3 is 15.3 Å². The minimum Gasteiger partial charge on any atom is -0.478 e. The van der Waals surface area contributed by atoms with E-state index in [0.717, 1.165) is 6.08 Å². The molecule has 0 aromatic heterocycles. The molecule has 1 aliphatic rings. The van der Waals surface area contributed by atoms with Crippen LogP contribution in [0.2, 0.25) is 0 Å². The third-order valence-electron chi connectivity index (χ3n) is 1.76. The Morgan fingerprint density at radius 1 is 1.77 bits per heavy atom. The summed E-state index contributed by atoms with van der Waals surface area (Å²) in [5.41, 5.74) is 0.671. The summed E-state index contributed by atoms with van der Waals surface area (Å²) in [4.78, 5) is 22.9. The zero-order valence-corrected chi connectivity index (χ0v) is 7.41. The summed E-state index contributed by atoms with van der Waals surface area (Å²) >= 11 is 0. The van der Waals surface area contributed by atoms with E-state index in [0.29, 0.717) is 25.2 Å². The Labute approximate surface area is 76.0 Å². The first-order valence-electron chi connectivity index (χ1n) is 4.02. The number of amides is 2. The average molecular weight is 184 g/mol. The third-order valence-corrected chi connectivity index (χ3v) is 1.76. The number of aliphatic carboxylic acids is 1. The van der Waals surface area contributed by atoms with Crippen LogP contribution in [0.1, 0.15) is 6.92 Å². The van der Waals surface area contributed by atoms with Crippen LogP contribution in [0.5, 0.6) is 0 Å². The van der Waals surface area contributed by atoms with Gasteiger partial charge in [-0.1, -0.05) is 0 Å². The number of carbonyl (C=O) groups is 2. The fourth-order valence-corrected chi connectivity index (χ4v) is 1.22. The van der Waals surface area contributed by atoms with Crippen LogP contribution in [0.25, 0.3) is 0 Å². The molecule has 5 nitrogen and oxygen atoms in total. The van der Waals surface area contributed by atoms with Gasteiger partial charge in [0.25, 0.3) is 0 Å². The van der Waals surface area contributed by atoms with Crippen molar-refractivity contribution >= 4 is 12.0 Å². The van der Waals surface area contributed by atoms with Crippen molar-refractivity contribution in [3.05, 3.63) is 11.6 Å². The maximum absolute atomic E-state index is 11.0. The number of nitrogens with one attached hydrogen (secondary N) is 1. The first-order valence-corrected chi connectivity index (χ1v) is 4.02. The van der Waals surface area contributed by atoms with Crippen LogP contribution < -0.4 is 5.32 Å². The van der Waals surface area contributed by atoms with Crippen LogP contribution in [-0.2, 0) is 4.79 Å². The quantitative estimate of drug-likeness (QED) is 0.608. The molecule has 0 saturated carbocycles. The average Bonchev–Trinajstić information content (AvgIpc) is 2.34. The molecule has 2 amide bonds. The van der Waals surface area contributed by atoms with E-state index in [2.05, 4.69) is 5.32 Å². The number of carbonyl (C=O) groups excluding carboxylic acids is 1. The molecule has 1 aliphatic heterocycles. The molecule has 72 valence electrons. The van der Waals surface area contributed by atoms with Crippen molar-refractivity contribution < 1.29 is 14.7 Å². The Morgan fingerprint density at radius 2 is 2.46 bits per heavy atom. The van der Waals surface area contributed by atoms with E-state index >= 15 is 0 Å². The highest BCUT2D eigenvalue weighted by Crippen LogP contribution is 2.02. The van der Waals surface area contributed by atoms with E-state index in [1.165, 1.54) is 0 Å². The van der Waals surface area contributed by atoms with Crippen molar-refractivity contribution in [1.82, 2.24) is 10.2 Å². The molecular formula is C8H12N2O3. The van der Waals surface area contributed by atoms with Gasteiger partial charge >= 0.3 is 12.0 Å². The van der Waals surface area contributed by atoms with Crippen LogP contribution in [0.15, 0.2) is 11.6 Å². The number of carboxylic acid groups (broad SMARTS) is 1. The molecule has 5 heteroatoms. The van der Waals surface area contributed by atoms with E-state index < -0.39 is 5.97 Å². The van der Waals surface area contributed by atoms with E-state index in [1.54, 1.807) is 11.8 Å². The molecule has 1 rings (SSSR count). The van der Waals surface area contributed by atoms with Gasteiger partial charge in [0.15, 0.2) is 0 Å². The predicted molar refractivity (Wildman–Crippen MR) is 46.4 cm³/mol. The van der Waals surface area contributed by atoms with Crippen molar-refractivity contribution in [2.45, 2.75) is 6.92 Å². The van der Waals surface area contributed by atoms with E-state index in [-0.39, 0.29) is 6.03 Å². The molecule has 13 heavy (non-hydrogen) atoms. The number of carboxylic acids is 1. The molecule has 0 aromatic rings. The Balaban J connectivity index is 2.48. The minimum atomic E-state index is -0.975. The second kappa shape index (κ2) is 3.93. The van der Waals surface area contributed by atoms with Crippen molar-refractivity contribution in [1.29, 1.82) is 0 Å². The Kier molecular flexibility index (Phi) is 2.89. The van der Waals surface area contributed by atoms with Gasteiger partial charge in [0.1, 0.15) is 0 Å². The molecule has 0 bridgehead atoms. The Morgan fingerprint density at radius 3 is 2.92 bits per heavy atom. The molecular weight excluding hydrogens is 172 g/mol. The first-order chi connectivity index (χ1) is 6.09. The SMILES string of the molecule is C/C(=C\C(=O)O)CN1CCNC1=O. The van der Waals surface area contributed by atoms with Gasteiger partial charge in [-0.05, 0) is 12.5 Å². The van der Waals surface area contributed by atoms with Gasteiger partial charge in [-0.3, -0.25) is 0 Å². The molecule has 0 aromatic carbocycles. The summed E-state index contributed by atoms with van der Waals surface area (Å²) in [6.07, 6.45) is 1.12. The van der Waals surface area contributed by atoms with Crippen molar-refractivity contribution in [3.8, 4) is 0 Å². The largest absolute Gasteiger partial charge is 0.478 e. The van der Waals surface area contributed by atoms with Crippen LogP contribution in [0.3, 0.4) is 0 Å². The zero-order chi connectivity index (χ0) is 9.84. The standard InChI is InChI=1S/C8H12N2O3/c1-6(4-7(11)12)5-10-3-2-9-8(10)13/h4H,2-3,5H2,1H3,(H,9,13)(H,11,12)/b6-4+. The Bertz CT molecular complexity index is 260.